The first-order valence-electron chi connectivity index (χ1n) is 3.79. The van der Waals surface area contributed by atoms with Gasteiger partial charge in [-0.3, -0.25) is 4.18 Å². The first kappa shape index (κ1) is 9.49. The number of hydrogen-bond acceptors (Lipinski definition) is 4. The molecular weight excluding hydrogens is 178 g/mol. The van der Waals surface area contributed by atoms with Gasteiger partial charge in [0.05, 0.1) is 18.4 Å². The van der Waals surface area contributed by atoms with E-state index in [1.54, 1.807) is 0 Å². The first-order chi connectivity index (χ1) is 5.51. The maximum absolute atomic E-state index is 10.7. The number of nitriles is 1. The van der Waals surface area contributed by atoms with E-state index in [1.807, 2.05) is 0 Å². The van der Waals surface area contributed by atoms with E-state index in [1.165, 1.54) is 0 Å². The van der Waals surface area contributed by atoms with E-state index in [4.69, 9.17) is 9.44 Å². The van der Waals surface area contributed by atoms with Crippen molar-refractivity contribution < 1.29 is 12.6 Å². The largest absolute Gasteiger partial charge is 0.267 e. The van der Waals surface area contributed by atoms with Crippen molar-refractivity contribution in [3.05, 3.63) is 0 Å². The second-order valence-corrected chi connectivity index (χ2v) is 4.66. The fourth-order valence-electron chi connectivity index (χ4n) is 1.39. The lowest BCUT2D eigenvalue weighted by Crippen LogP contribution is -2.13. The molecule has 4 nitrogen and oxygen atoms in total. The van der Waals surface area contributed by atoms with Gasteiger partial charge >= 0.3 is 0 Å². The van der Waals surface area contributed by atoms with E-state index in [-0.39, 0.29) is 12.0 Å². The van der Waals surface area contributed by atoms with Crippen molar-refractivity contribution in [3.63, 3.8) is 0 Å². The minimum absolute atomic E-state index is 0.0308. The Bertz CT molecular complexity index is 290. The first-order valence-corrected chi connectivity index (χ1v) is 5.61. The van der Waals surface area contributed by atoms with E-state index in [9.17, 15) is 8.42 Å². The molecule has 2 unspecified atom stereocenters. The highest BCUT2D eigenvalue weighted by molar-refractivity contribution is 7.86. The second-order valence-electron chi connectivity index (χ2n) is 3.06. The minimum atomic E-state index is -3.35. The van der Waals surface area contributed by atoms with Crippen LogP contribution in [0.5, 0.6) is 0 Å². The maximum Gasteiger partial charge on any atom is 0.264 e. The van der Waals surface area contributed by atoms with Crippen molar-refractivity contribution in [2.45, 2.75) is 25.4 Å². The quantitative estimate of drug-likeness (QED) is 0.598. The molecule has 0 bridgehead atoms. The summed E-state index contributed by atoms with van der Waals surface area (Å²) in [5.74, 6) is -0.0308. The molecule has 0 aliphatic heterocycles. The highest BCUT2D eigenvalue weighted by Gasteiger charge is 2.27. The van der Waals surface area contributed by atoms with Crippen molar-refractivity contribution in [2.75, 3.05) is 6.26 Å². The van der Waals surface area contributed by atoms with E-state index >= 15 is 0 Å². The molecule has 0 heterocycles. The van der Waals surface area contributed by atoms with Gasteiger partial charge in [0.1, 0.15) is 0 Å². The topological polar surface area (TPSA) is 67.2 Å². The number of hydrogen-bond donors (Lipinski definition) is 0. The van der Waals surface area contributed by atoms with Crippen molar-refractivity contribution in [1.82, 2.24) is 0 Å². The standard InChI is InChI=1S/C7H11NO3S/c1-12(9,10)11-7-3-2-6(4-7)5-8/h6-7H,2-4H2,1H3. The summed E-state index contributed by atoms with van der Waals surface area (Å²) in [5.41, 5.74) is 0. The summed E-state index contributed by atoms with van der Waals surface area (Å²) in [6.07, 6.45) is 2.72. The van der Waals surface area contributed by atoms with Gasteiger partial charge in [-0.1, -0.05) is 0 Å². The molecule has 1 aliphatic rings. The summed E-state index contributed by atoms with van der Waals surface area (Å²) >= 11 is 0. The third-order valence-corrected chi connectivity index (χ3v) is 2.50. The van der Waals surface area contributed by atoms with E-state index < -0.39 is 10.1 Å². The predicted octanol–water partition coefficient (Wildman–Crippen LogP) is 0.655. The Morgan fingerprint density at radius 2 is 2.17 bits per heavy atom. The Hall–Kier alpha value is -0.600. The summed E-state index contributed by atoms with van der Waals surface area (Å²) in [6, 6.07) is 2.10. The fraction of sp³-hybridized carbons (Fsp3) is 0.857. The molecule has 0 aromatic heterocycles. The van der Waals surface area contributed by atoms with Crippen LogP contribution in [0.1, 0.15) is 19.3 Å². The highest BCUT2D eigenvalue weighted by atomic mass is 32.2. The number of rotatable bonds is 2. The van der Waals surface area contributed by atoms with E-state index in [2.05, 4.69) is 6.07 Å². The third-order valence-electron chi connectivity index (χ3n) is 1.88. The van der Waals surface area contributed by atoms with Gasteiger partial charge in [0.15, 0.2) is 0 Å². The SMILES string of the molecule is CS(=O)(=O)OC1CCC(C#N)C1. The van der Waals surface area contributed by atoms with Gasteiger partial charge in [0.2, 0.25) is 0 Å². The second kappa shape index (κ2) is 3.42. The van der Waals surface area contributed by atoms with Crippen LogP contribution in [0.15, 0.2) is 0 Å². The predicted molar refractivity (Wildman–Crippen MR) is 42.7 cm³/mol. The van der Waals surface area contributed by atoms with Crippen LogP contribution in [0.3, 0.4) is 0 Å². The lowest BCUT2D eigenvalue weighted by Gasteiger charge is -2.07. The molecule has 0 spiro atoms. The summed E-state index contributed by atoms with van der Waals surface area (Å²) in [4.78, 5) is 0. The summed E-state index contributed by atoms with van der Waals surface area (Å²) in [5, 5.41) is 8.53. The van der Waals surface area contributed by atoms with Crippen LogP contribution < -0.4 is 0 Å². The molecule has 0 aromatic carbocycles. The molecule has 5 heteroatoms. The van der Waals surface area contributed by atoms with Crippen LogP contribution in [-0.4, -0.2) is 20.8 Å². The molecule has 1 saturated carbocycles. The summed E-state index contributed by atoms with van der Waals surface area (Å²) < 4.78 is 26.1. The Morgan fingerprint density at radius 1 is 1.50 bits per heavy atom. The Morgan fingerprint density at radius 3 is 2.58 bits per heavy atom. The lowest BCUT2D eigenvalue weighted by molar-refractivity contribution is 0.217. The summed E-state index contributed by atoms with van der Waals surface area (Å²) in [7, 11) is -3.35. The Labute approximate surface area is 72.3 Å². The molecule has 1 aliphatic carbocycles. The molecular formula is C7H11NO3S. The van der Waals surface area contributed by atoms with Gasteiger partial charge < -0.3 is 0 Å². The van der Waals surface area contributed by atoms with E-state index in [0.29, 0.717) is 12.8 Å². The molecule has 0 radical (unpaired) electrons. The van der Waals surface area contributed by atoms with Crippen LogP contribution in [0.2, 0.25) is 0 Å². The Kier molecular flexibility index (Phi) is 2.70. The van der Waals surface area contributed by atoms with Crippen LogP contribution in [0.25, 0.3) is 0 Å². The van der Waals surface area contributed by atoms with Crippen LogP contribution in [0.4, 0.5) is 0 Å². The van der Waals surface area contributed by atoms with Gasteiger partial charge in [-0.25, -0.2) is 0 Å². The van der Waals surface area contributed by atoms with Crippen molar-refractivity contribution >= 4 is 10.1 Å². The normalized spacial score (nSPS) is 30.0. The van der Waals surface area contributed by atoms with Crippen LogP contribution in [-0.2, 0) is 14.3 Å². The molecule has 2 atom stereocenters. The fourth-order valence-corrected chi connectivity index (χ4v) is 2.06. The average Bonchev–Trinajstić information content (AvgIpc) is 2.32. The van der Waals surface area contributed by atoms with Gasteiger partial charge in [0, 0.05) is 5.92 Å². The monoisotopic (exact) mass is 189 g/mol. The Balaban J connectivity index is 2.45. The average molecular weight is 189 g/mol. The zero-order valence-electron chi connectivity index (χ0n) is 6.86. The maximum atomic E-state index is 10.7. The molecule has 0 N–H and O–H groups in total. The zero-order chi connectivity index (χ0) is 9.19. The lowest BCUT2D eigenvalue weighted by atomic mass is 10.1. The van der Waals surface area contributed by atoms with Crippen molar-refractivity contribution in [2.24, 2.45) is 5.92 Å². The third kappa shape index (κ3) is 2.80. The summed E-state index contributed by atoms with van der Waals surface area (Å²) in [6.45, 7) is 0. The van der Waals surface area contributed by atoms with Crippen molar-refractivity contribution in [1.29, 1.82) is 5.26 Å². The van der Waals surface area contributed by atoms with Crippen LogP contribution >= 0.6 is 0 Å². The molecule has 12 heavy (non-hydrogen) atoms. The zero-order valence-corrected chi connectivity index (χ0v) is 7.67. The molecule has 68 valence electrons. The van der Waals surface area contributed by atoms with E-state index in [0.717, 1.165) is 12.7 Å². The number of nitrogens with zero attached hydrogens (tertiary/aromatic N) is 1. The molecule has 1 fully saturated rings. The van der Waals surface area contributed by atoms with Crippen LogP contribution in [0, 0.1) is 17.2 Å². The molecule has 0 aromatic rings. The molecule has 1 rings (SSSR count). The van der Waals surface area contributed by atoms with Gasteiger partial charge in [-0.2, -0.15) is 13.7 Å². The van der Waals surface area contributed by atoms with Gasteiger partial charge in [-0.05, 0) is 19.3 Å². The molecule has 0 amide bonds. The van der Waals surface area contributed by atoms with Crippen molar-refractivity contribution in [3.8, 4) is 6.07 Å². The minimum Gasteiger partial charge on any atom is -0.267 e. The van der Waals surface area contributed by atoms with Gasteiger partial charge in [-0.15, -0.1) is 0 Å². The molecule has 0 saturated heterocycles. The van der Waals surface area contributed by atoms with Gasteiger partial charge in [0.25, 0.3) is 10.1 Å². The highest BCUT2D eigenvalue weighted by Crippen LogP contribution is 2.27. The smallest absolute Gasteiger partial charge is 0.264 e.